The Bertz CT molecular complexity index is 929. The fourth-order valence-corrected chi connectivity index (χ4v) is 4.77. The first kappa shape index (κ1) is 21.1. The Kier molecular flexibility index (Phi) is 5.82. The van der Waals surface area contributed by atoms with Crippen LogP contribution in [-0.2, 0) is 26.0 Å². The van der Waals surface area contributed by atoms with Crippen LogP contribution in [0.1, 0.15) is 24.8 Å². The molecule has 1 unspecified atom stereocenters. The molecule has 158 valence electrons. The number of nitrogens with one attached hydrogen (secondary N) is 1. The number of carbonyl (C=O) groups excluding carboxylic acids is 2. The van der Waals surface area contributed by atoms with Crippen LogP contribution in [0.25, 0.3) is 0 Å². The molecular formula is C17H18F3N3O5S. The standard InChI is InChI=1S/C17H18F3N3O5S/c18-17(19,20)28-13-3-1-11(2-4-13)9-21-16(25)14-5-6-15(24)23(22-14)12-7-8-29(26,27)10-12/h1-4,12H,5-10H2,(H,21,25). The smallest absolute Gasteiger partial charge is 0.406 e. The van der Waals surface area contributed by atoms with Crippen molar-refractivity contribution < 1.29 is 35.9 Å². The fourth-order valence-electron chi connectivity index (χ4n) is 3.08. The van der Waals surface area contributed by atoms with Crippen molar-refractivity contribution in [3.8, 4) is 5.75 Å². The number of alkyl halides is 3. The summed E-state index contributed by atoms with van der Waals surface area (Å²) in [5.74, 6) is -1.43. The van der Waals surface area contributed by atoms with Gasteiger partial charge in [0.2, 0.25) is 5.91 Å². The van der Waals surface area contributed by atoms with Gasteiger partial charge in [-0.3, -0.25) is 9.59 Å². The number of hydrogen-bond donors (Lipinski definition) is 1. The second-order valence-electron chi connectivity index (χ2n) is 6.72. The molecule has 0 aliphatic carbocycles. The first-order chi connectivity index (χ1) is 13.5. The molecule has 1 aromatic rings. The van der Waals surface area contributed by atoms with Crippen LogP contribution in [-0.4, -0.2) is 54.9 Å². The summed E-state index contributed by atoms with van der Waals surface area (Å²) in [6.45, 7) is 0.0376. The molecule has 2 amide bonds. The molecule has 1 fully saturated rings. The van der Waals surface area contributed by atoms with Crippen molar-refractivity contribution in [1.29, 1.82) is 0 Å². The van der Waals surface area contributed by atoms with Gasteiger partial charge in [0.25, 0.3) is 5.91 Å². The van der Waals surface area contributed by atoms with Gasteiger partial charge in [-0.15, -0.1) is 13.2 Å². The van der Waals surface area contributed by atoms with Gasteiger partial charge in [-0.1, -0.05) is 12.1 Å². The third-order valence-corrected chi connectivity index (χ3v) is 6.24. The molecule has 29 heavy (non-hydrogen) atoms. The summed E-state index contributed by atoms with van der Waals surface area (Å²) in [5, 5.41) is 7.74. The maximum atomic E-state index is 12.3. The van der Waals surface area contributed by atoms with E-state index >= 15 is 0 Å². The number of nitrogens with zero attached hydrogens (tertiary/aromatic N) is 2. The van der Waals surface area contributed by atoms with Crippen molar-refractivity contribution in [1.82, 2.24) is 10.3 Å². The number of hydrogen-bond acceptors (Lipinski definition) is 6. The van der Waals surface area contributed by atoms with Crippen molar-refractivity contribution in [2.45, 2.75) is 38.2 Å². The summed E-state index contributed by atoms with van der Waals surface area (Å²) in [7, 11) is -3.21. The van der Waals surface area contributed by atoms with Crippen LogP contribution < -0.4 is 10.1 Å². The van der Waals surface area contributed by atoms with Crippen molar-refractivity contribution in [3.05, 3.63) is 29.8 Å². The van der Waals surface area contributed by atoms with E-state index in [0.29, 0.717) is 5.56 Å². The zero-order valence-corrected chi connectivity index (χ0v) is 15.9. The summed E-state index contributed by atoms with van der Waals surface area (Å²) >= 11 is 0. The van der Waals surface area contributed by atoms with Crippen LogP contribution in [0.2, 0.25) is 0 Å². The normalized spacial score (nSPS) is 21.6. The van der Waals surface area contributed by atoms with Gasteiger partial charge in [0, 0.05) is 19.4 Å². The summed E-state index contributed by atoms with van der Waals surface area (Å²) in [4.78, 5) is 24.4. The number of sulfone groups is 1. The van der Waals surface area contributed by atoms with Gasteiger partial charge >= 0.3 is 6.36 Å². The Hall–Kier alpha value is -2.63. The number of halogens is 3. The molecular weight excluding hydrogens is 415 g/mol. The highest BCUT2D eigenvalue weighted by Crippen LogP contribution is 2.23. The molecule has 0 spiro atoms. The Morgan fingerprint density at radius 2 is 1.93 bits per heavy atom. The second-order valence-corrected chi connectivity index (χ2v) is 8.95. The van der Waals surface area contributed by atoms with Crippen molar-refractivity contribution in [3.63, 3.8) is 0 Å². The van der Waals surface area contributed by atoms with Gasteiger partial charge in [0.1, 0.15) is 11.5 Å². The topological polar surface area (TPSA) is 105 Å². The predicted octanol–water partition coefficient (Wildman–Crippen LogP) is 1.37. The summed E-state index contributed by atoms with van der Waals surface area (Å²) < 4.78 is 63.5. The van der Waals surface area contributed by atoms with Gasteiger partial charge in [-0.2, -0.15) is 5.10 Å². The number of carbonyl (C=O) groups is 2. The van der Waals surface area contributed by atoms with E-state index < -0.39 is 28.1 Å². The molecule has 1 N–H and O–H groups in total. The molecule has 0 radical (unpaired) electrons. The third kappa shape index (κ3) is 5.68. The summed E-state index contributed by atoms with van der Waals surface area (Å²) in [5.41, 5.74) is 0.644. The van der Waals surface area contributed by atoms with E-state index in [1.807, 2.05) is 0 Å². The average molecular weight is 433 g/mol. The van der Waals surface area contributed by atoms with E-state index in [9.17, 15) is 31.2 Å². The number of hydrazone groups is 1. The average Bonchev–Trinajstić information content (AvgIpc) is 2.99. The lowest BCUT2D eigenvalue weighted by Crippen LogP contribution is -2.43. The highest BCUT2D eigenvalue weighted by molar-refractivity contribution is 7.91. The molecule has 1 atom stereocenters. The van der Waals surface area contributed by atoms with Crippen LogP contribution >= 0.6 is 0 Å². The molecule has 2 heterocycles. The lowest BCUT2D eigenvalue weighted by molar-refractivity contribution is -0.274. The Morgan fingerprint density at radius 1 is 1.24 bits per heavy atom. The number of benzene rings is 1. The van der Waals surface area contributed by atoms with Crippen molar-refractivity contribution in [2.75, 3.05) is 11.5 Å². The molecule has 0 bridgehead atoms. The van der Waals surface area contributed by atoms with Gasteiger partial charge in [-0.25, -0.2) is 13.4 Å². The first-order valence-electron chi connectivity index (χ1n) is 8.75. The minimum atomic E-state index is -4.78. The van der Waals surface area contributed by atoms with Crippen LogP contribution in [0.4, 0.5) is 13.2 Å². The van der Waals surface area contributed by atoms with Gasteiger partial charge in [-0.05, 0) is 24.1 Å². The minimum Gasteiger partial charge on any atom is -0.406 e. The van der Waals surface area contributed by atoms with E-state index in [-0.39, 0.29) is 54.7 Å². The Balaban J connectivity index is 1.60. The number of ether oxygens (including phenoxy) is 1. The maximum absolute atomic E-state index is 12.3. The monoisotopic (exact) mass is 433 g/mol. The molecule has 3 rings (SSSR count). The van der Waals surface area contributed by atoms with E-state index in [1.54, 1.807) is 0 Å². The molecule has 2 aliphatic rings. The van der Waals surface area contributed by atoms with Crippen LogP contribution in [0, 0.1) is 0 Å². The summed E-state index contributed by atoms with van der Waals surface area (Å²) in [6, 6.07) is 4.45. The molecule has 8 nitrogen and oxygen atoms in total. The molecule has 12 heteroatoms. The van der Waals surface area contributed by atoms with Crippen molar-refractivity contribution in [2.24, 2.45) is 5.10 Å². The molecule has 1 aromatic carbocycles. The zero-order chi connectivity index (χ0) is 21.2. The fraction of sp³-hybridized carbons (Fsp3) is 0.471. The van der Waals surface area contributed by atoms with E-state index in [2.05, 4.69) is 15.2 Å². The second kappa shape index (κ2) is 8.01. The lowest BCUT2D eigenvalue weighted by atomic mass is 10.1. The maximum Gasteiger partial charge on any atom is 0.573 e. The SMILES string of the molecule is O=C(NCc1ccc(OC(F)(F)F)cc1)C1=NN(C2CCS(=O)(=O)C2)C(=O)CC1. The molecule has 0 aromatic heterocycles. The van der Waals surface area contributed by atoms with Crippen LogP contribution in [0.5, 0.6) is 5.75 Å². The highest BCUT2D eigenvalue weighted by atomic mass is 32.2. The largest absolute Gasteiger partial charge is 0.573 e. The van der Waals surface area contributed by atoms with Crippen LogP contribution in [0.3, 0.4) is 0 Å². The van der Waals surface area contributed by atoms with Crippen LogP contribution in [0.15, 0.2) is 29.4 Å². The molecule has 0 saturated carbocycles. The van der Waals surface area contributed by atoms with E-state index in [1.165, 1.54) is 12.1 Å². The quantitative estimate of drug-likeness (QED) is 0.755. The Labute approximate surface area is 164 Å². The first-order valence-corrected chi connectivity index (χ1v) is 10.6. The van der Waals surface area contributed by atoms with E-state index in [4.69, 9.17) is 0 Å². The minimum absolute atomic E-state index is 0.0213. The summed E-state index contributed by atoms with van der Waals surface area (Å²) in [6.07, 6.45) is -4.33. The molecule has 1 saturated heterocycles. The zero-order valence-electron chi connectivity index (χ0n) is 15.1. The highest BCUT2D eigenvalue weighted by Gasteiger charge is 2.37. The Morgan fingerprint density at radius 3 is 2.52 bits per heavy atom. The number of rotatable bonds is 5. The number of amides is 2. The van der Waals surface area contributed by atoms with Gasteiger partial charge < -0.3 is 10.1 Å². The van der Waals surface area contributed by atoms with Crippen molar-refractivity contribution >= 4 is 27.4 Å². The molecule has 2 aliphatic heterocycles. The van der Waals surface area contributed by atoms with Gasteiger partial charge in [0.15, 0.2) is 9.84 Å². The van der Waals surface area contributed by atoms with Gasteiger partial charge in [0.05, 0.1) is 17.5 Å². The lowest BCUT2D eigenvalue weighted by Gasteiger charge is -2.27. The third-order valence-electron chi connectivity index (χ3n) is 4.49. The predicted molar refractivity (Wildman–Crippen MR) is 95.5 cm³/mol. The van der Waals surface area contributed by atoms with E-state index in [0.717, 1.165) is 17.1 Å².